The lowest BCUT2D eigenvalue weighted by molar-refractivity contribution is -0.120. The highest BCUT2D eigenvalue weighted by Crippen LogP contribution is 2.35. The highest BCUT2D eigenvalue weighted by Gasteiger charge is 2.21. The van der Waals surface area contributed by atoms with Gasteiger partial charge in [-0.3, -0.25) is 19.9 Å². The molecule has 1 aliphatic rings. The Morgan fingerprint density at radius 1 is 1.00 bits per heavy atom. The van der Waals surface area contributed by atoms with Gasteiger partial charge in [-0.05, 0) is 55.3 Å². The quantitative estimate of drug-likeness (QED) is 0.220. The number of aromatic amines is 2. The summed E-state index contributed by atoms with van der Waals surface area (Å²) in [5.41, 5.74) is 6.72. The van der Waals surface area contributed by atoms with Gasteiger partial charge < -0.3 is 10.3 Å². The fourth-order valence-electron chi connectivity index (χ4n) is 5.32. The second kappa shape index (κ2) is 9.70. The minimum absolute atomic E-state index is 0.0622. The predicted octanol–water partition coefficient (Wildman–Crippen LogP) is 6.95. The first-order valence-electron chi connectivity index (χ1n) is 13.0. The summed E-state index contributed by atoms with van der Waals surface area (Å²) in [5, 5.41) is 11.3. The molecule has 6 heterocycles. The fourth-order valence-corrected chi connectivity index (χ4v) is 6.07. The molecule has 0 saturated heterocycles. The maximum Gasteiger partial charge on any atom is 0.227 e. The molecule has 0 aliphatic heterocycles. The van der Waals surface area contributed by atoms with Crippen molar-refractivity contribution >= 4 is 44.9 Å². The first kappa shape index (κ1) is 23.7. The van der Waals surface area contributed by atoms with Crippen molar-refractivity contribution in [1.29, 1.82) is 0 Å². The van der Waals surface area contributed by atoms with Crippen LogP contribution in [0.4, 0.5) is 10.1 Å². The number of hydrogen-bond donors (Lipinski definition) is 3. The Balaban J connectivity index is 1.22. The molecule has 0 radical (unpaired) electrons. The van der Waals surface area contributed by atoms with Crippen LogP contribution in [0.2, 0.25) is 0 Å². The Bertz CT molecular complexity index is 1830. The van der Waals surface area contributed by atoms with Gasteiger partial charge in [0.1, 0.15) is 11.2 Å². The van der Waals surface area contributed by atoms with Crippen molar-refractivity contribution < 1.29 is 9.18 Å². The molecule has 8 nitrogen and oxygen atoms in total. The van der Waals surface area contributed by atoms with E-state index in [1.165, 1.54) is 12.5 Å². The zero-order valence-corrected chi connectivity index (χ0v) is 21.7. The summed E-state index contributed by atoms with van der Waals surface area (Å²) >= 11 is 1.07. The van der Waals surface area contributed by atoms with Gasteiger partial charge in [-0.15, -0.1) is 11.3 Å². The monoisotopic (exact) mass is 537 g/mol. The van der Waals surface area contributed by atoms with E-state index in [1.54, 1.807) is 24.7 Å². The van der Waals surface area contributed by atoms with Crippen LogP contribution in [-0.4, -0.2) is 36.0 Å². The van der Waals surface area contributed by atoms with E-state index in [0.717, 1.165) is 81.0 Å². The van der Waals surface area contributed by atoms with Crippen molar-refractivity contribution in [1.82, 2.24) is 30.1 Å². The predicted molar refractivity (Wildman–Crippen MR) is 151 cm³/mol. The normalized spacial score (nSPS) is 14.3. The summed E-state index contributed by atoms with van der Waals surface area (Å²) in [6.45, 7) is 0. The van der Waals surface area contributed by atoms with Crippen molar-refractivity contribution in [2.24, 2.45) is 5.92 Å². The van der Waals surface area contributed by atoms with Crippen LogP contribution in [0.3, 0.4) is 0 Å². The SMILES string of the molecule is O=C(Nc1cncc(-c2ccc3[nH]nc(-c4cc5c(-c6ccc(F)s6)nccc5[nH]4)c3n2)c1)C1CCCCC1. The average molecular weight is 538 g/mol. The van der Waals surface area contributed by atoms with Gasteiger partial charge in [0.2, 0.25) is 5.91 Å². The highest BCUT2D eigenvalue weighted by atomic mass is 32.1. The van der Waals surface area contributed by atoms with Gasteiger partial charge in [-0.25, -0.2) is 4.98 Å². The summed E-state index contributed by atoms with van der Waals surface area (Å²) in [4.78, 5) is 30.7. The van der Waals surface area contributed by atoms with Crippen LogP contribution < -0.4 is 5.32 Å². The summed E-state index contributed by atoms with van der Waals surface area (Å²) < 4.78 is 13.7. The lowest BCUT2D eigenvalue weighted by Crippen LogP contribution is -2.24. The number of pyridine rings is 3. The van der Waals surface area contributed by atoms with Gasteiger partial charge in [0, 0.05) is 34.8 Å². The number of carbonyl (C=O) groups excluding carboxylic acids is 1. The van der Waals surface area contributed by atoms with Crippen LogP contribution in [0.15, 0.2) is 61.1 Å². The van der Waals surface area contributed by atoms with E-state index in [-0.39, 0.29) is 17.0 Å². The molecule has 10 heteroatoms. The molecule has 6 aromatic heterocycles. The molecular weight excluding hydrogens is 513 g/mol. The van der Waals surface area contributed by atoms with Gasteiger partial charge in [-0.1, -0.05) is 19.3 Å². The summed E-state index contributed by atoms with van der Waals surface area (Å²) in [5.74, 6) is 0.128. The van der Waals surface area contributed by atoms with E-state index in [4.69, 9.17) is 4.98 Å². The van der Waals surface area contributed by atoms with Crippen molar-refractivity contribution in [3.8, 4) is 33.2 Å². The Kier molecular flexibility index (Phi) is 5.89. The third-order valence-corrected chi connectivity index (χ3v) is 8.18. The lowest BCUT2D eigenvalue weighted by Gasteiger charge is -2.20. The number of halogens is 1. The zero-order valence-electron chi connectivity index (χ0n) is 20.9. The van der Waals surface area contributed by atoms with E-state index in [0.29, 0.717) is 16.9 Å². The maximum atomic E-state index is 13.7. The Morgan fingerprint density at radius 2 is 1.90 bits per heavy atom. The first-order chi connectivity index (χ1) is 19.1. The van der Waals surface area contributed by atoms with E-state index in [1.807, 2.05) is 30.3 Å². The van der Waals surface area contributed by atoms with Crippen LogP contribution in [0, 0.1) is 11.0 Å². The number of aromatic nitrogens is 6. The smallest absolute Gasteiger partial charge is 0.227 e. The standard InChI is InChI=1S/C29H24FN7OS/c30-25-9-8-24(39-25)26-19-13-23(34-21(19)10-11-32-26)28-27-22(36-37-28)7-6-20(35-27)17-12-18(15-31-14-17)33-29(38)16-4-2-1-3-5-16/h6-16,34H,1-5H2,(H,33,38)(H,36,37). The average Bonchev–Trinajstić information content (AvgIpc) is 3.71. The lowest BCUT2D eigenvalue weighted by atomic mass is 9.88. The molecule has 1 saturated carbocycles. The third kappa shape index (κ3) is 4.46. The summed E-state index contributed by atoms with van der Waals surface area (Å²) in [6, 6.07) is 12.8. The molecule has 194 valence electrons. The largest absolute Gasteiger partial charge is 0.353 e. The highest BCUT2D eigenvalue weighted by molar-refractivity contribution is 7.13. The van der Waals surface area contributed by atoms with E-state index >= 15 is 0 Å². The number of amides is 1. The molecule has 1 amide bonds. The number of H-pyrrole nitrogens is 2. The van der Waals surface area contributed by atoms with E-state index < -0.39 is 0 Å². The molecule has 0 atom stereocenters. The van der Waals surface area contributed by atoms with Gasteiger partial charge in [0.15, 0.2) is 5.13 Å². The van der Waals surface area contributed by atoms with Gasteiger partial charge in [-0.2, -0.15) is 9.49 Å². The molecule has 39 heavy (non-hydrogen) atoms. The van der Waals surface area contributed by atoms with Crippen LogP contribution in [0.25, 0.3) is 55.2 Å². The fraction of sp³-hybridized carbons (Fsp3) is 0.207. The third-order valence-electron chi connectivity index (χ3n) is 7.30. The van der Waals surface area contributed by atoms with Crippen molar-refractivity contribution in [2.45, 2.75) is 32.1 Å². The maximum absolute atomic E-state index is 13.7. The number of nitrogens with zero attached hydrogens (tertiary/aromatic N) is 4. The second-order valence-electron chi connectivity index (χ2n) is 9.86. The van der Waals surface area contributed by atoms with Crippen molar-refractivity contribution in [3.05, 3.63) is 66.2 Å². The minimum Gasteiger partial charge on any atom is -0.353 e. The van der Waals surface area contributed by atoms with Crippen molar-refractivity contribution in [3.63, 3.8) is 0 Å². The van der Waals surface area contributed by atoms with Gasteiger partial charge >= 0.3 is 0 Å². The molecule has 1 aliphatic carbocycles. The molecule has 0 spiro atoms. The van der Waals surface area contributed by atoms with Gasteiger partial charge in [0.05, 0.1) is 39.4 Å². The van der Waals surface area contributed by atoms with E-state index in [9.17, 15) is 9.18 Å². The first-order valence-corrected chi connectivity index (χ1v) is 13.8. The number of fused-ring (bicyclic) bond motifs is 2. The van der Waals surface area contributed by atoms with Crippen LogP contribution in [-0.2, 0) is 4.79 Å². The number of hydrogen-bond acceptors (Lipinski definition) is 6. The number of carbonyl (C=O) groups is 1. The zero-order chi connectivity index (χ0) is 26.3. The molecule has 6 aromatic rings. The second-order valence-corrected chi connectivity index (χ2v) is 10.9. The van der Waals surface area contributed by atoms with Crippen LogP contribution >= 0.6 is 11.3 Å². The van der Waals surface area contributed by atoms with E-state index in [2.05, 4.69) is 30.5 Å². The molecule has 7 rings (SSSR count). The summed E-state index contributed by atoms with van der Waals surface area (Å²) in [6.07, 6.45) is 10.4. The minimum atomic E-state index is -0.248. The molecule has 0 unspecified atom stereocenters. The summed E-state index contributed by atoms with van der Waals surface area (Å²) in [7, 11) is 0. The number of anilines is 1. The number of thiophene rings is 1. The Labute approximate surface area is 226 Å². The number of nitrogens with one attached hydrogen (secondary N) is 3. The molecule has 3 N–H and O–H groups in total. The van der Waals surface area contributed by atoms with Crippen molar-refractivity contribution in [2.75, 3.05) is 5.32 Å². The van der Waals surface area contributed by atoms with Crippen LogP contribution in [0.5, 0.6) is 0 Å². The van der Waals surface area contributed by atoms with Gasteiger partial charge in [0.25, 0.3) is 0 Å². The molecular formula is C29H24FN7OS. The van der Waals surface area contributed by atoms with Crippen LogP contribution in [0.1, 0.15) is 32.1 Å². The molecule has 0 aromatic carbocycles. The molecule has 0 bridgehead atoms. The Morgan fingerprint density at radius 3 is 2.74 bits per heavy atom. The topological polar surface area (TPSA) is 112 Å². The molecule has 1 fully saturated rings. The number of rotatable bonds is 5. The Hall–Kier alpha value is -4.44.